The van der Waals surface area contributed by atoms with Gasteiger partial charge in [-0.15, -0.1) is 6.42 Å². The van der Waals surface area contributed by atoms with E-state index in [4.69, 9.17) is 6.42 Å². The third-order valence-corrected chi connectivity index (χ3v) is 4.94. The maximum absolute atomic E-state index is 12.2. The largest absolute Gasteiger partial charge is 0.469 e. The molecule has 0 N–H and O–H groups in total. The van der Waals surface area contributed by atoms with Crippen molar-refractivity contribution in [3.8, 4) is 12.3 Å². The Balaban J connectivity index is 1.85. The highest BCUT2D eigenvalue weighted by Gasteiger charge is 2.09. The number of rotatable bonds is 12. The Hall–Kier alpha value is -3.52. The molecule has 0 aliphatic rings. The molecule has 0 saturated heterocycles. The van der Waals surface area contributed by atoms with Crippen LogP contribution in [-0.2, 0) is 20.7 Å². The molecule has 0 fully saturated rings. The Bertz CT molecular complexity index is 962. The van der Waals surface area contributed by atoms with Crippen molar-refractivity contribution >= 4 is 23.3 Å². The minimum absolute atomic E-state index is 0.00209. The van der Waals surface area contributed by atoms with E-state index in [2.05, 4.69) is 4.74 Å². The fourth-order valence-electron chi connectivity index (χ4n) is 3.12. The highest BCUT2D eigenvalue weighted by atomic mass is 16.5. The molecule has 0 saturated carbocycles. The van der Waals surface area contributed by atoms with Crippen molar-refractivity contribution in [1.29, 1.82) is 0 Å². The molecular formula is C26H26O5. The van der Waals surface area contributed by atoms with Gasteiger partial charge in [0.25, 0.3) is 0 Å². The van der Waals surface area contributed by atoms with Crippen molar-refractivity contribution < 1.29 is 23.9 Å². The van der Waals surface area contributed by atoms with E-state index in [0.29, 0.717) is 43.2 Å². The van der Waals surface area contributed by atoms with Crippen LogP contribution < -0.4 is 0 Å². The molecule has 0 aliphatic heterocycles. The van der Waals surface area contributed by atoms with Crippen LogP contribution in [-0.4, -0.2) is 30.4 Å². The van der Waals surface area contributed by atoms with Gasteiger partial charge in [0, 0.05) is 36.8 Å². The molecular weight excluding hydrogens is 392 g/mol. The Labute approximate surface area is 182 Å². The summed E-state index contributed by atoms with van der Waals surface area (Å²) >= 11 is 0. The van der Waals surface area contributed by atoms with Crippen LogP contribution >= 0.6 is 0 Å². The van der Waals surface area contributed by atoms with Crippen LogP contribution in [0.15, 0.2) is 48.5 Å². The lowest BCUT2D eigenvalue weighted by molar-refractivity contribution is -0.140. The number of terminal acetylenes is 1. The minimum atomic E-state index is -0.310. The summed E-state index contributed by atoms with van der Waals surface area (Å²) in [5.74, 6) is 1.45. The van der Waals surface area contributed by atoms with Crippen LogP contribution in [0.4, 0.5) is 0 Å². The molecule has 0 aliphatic carbocycles. The van der Waals surface area contributed by atoms with Gasteiger partial charge in [-0.05, 0) is 36.3 Å². The Morgan fingerprint density at radius 1 is 0.742 bits per heavy atom. The van der Waals surface area contributed by atoms with Crippen molar-refractivity contribution in [2.45, 2.75) is 44.9 Å². The first-order valence-electron chi connectivity index (χ1n) is 10.2. The lowest BCUT2D eigenvalue weighted by Crippen LogP contribution is -2.04. The van der Waals surface area contributed by atoms with Gasteiger partial charge in [0.15, 0.2) is 11.6 Å². The summed E-state index contributed by atoms with van der Waals surface area (Å²) in [5.41, 5.74) is 3.34. The molecule has 5 nitrogen and oxygen atoms in total. The third kappa shape index (κ3) is 8.02. The average Bonchev–Trinajstić information content (AvgIpc) is 2.79. The number of methoxy groups -OCH3 is 1. The van der Waals surface area contributed by atoms with Crippen molar-refractivity contribution in [2.75, 3.05) is 7.11 Å². The van der Waals surface area contributed by atoms with Crippen LogP contribution in [0.2, 0.25) is 0 Å². The molecule has 160 valence electrons. The van der Waals surface area contributed by atoms with E-state index >= 15 is 0 Å². The number of carbonyl (C=O) groups is 4. The summed E-state index contributed by atoms with van der Waals surface area (Å²) in [4.78, 5) is 46.6. The van der Waals surface area contributed by atoms with Gasteiger partial charge in [-0.25, -0.2) is 0 Å². The monoisotopic (exact) mass is 418 g/mol. The number of carbonyl (C=O) groups excluding carboxylic acids is 4. The molecule has 0 atom stereocenters. The summed E-state index contributed by atoms with van der Waals surface area (Å²) < 4.78 is 4.57. The van der Waals surface area contributed by atoms with Gasteiger partial charge in [0.2, 0.25) is 5.78 Å². The molecule has 0 spiro atoms. The van der Waals surface area contributed by atoms with E-state index in [1.165, 1.54) is 7.11 Å². The number of Topliss-reactive ketones (excluding diaryl/α,β-unsaturated/α-hetero) is 3. The standard InChI is InChI=1S/C26H26O5/c1-3-23(27)6-4-7-24(28)21-14-10-19(11-15-21)18-20-12-16-22(17-13-20)25(29)8-5-9-26(30)31-2/h1,10-17H,4-9,18H2,2H3. The maximum Gasteiger partial charge on any atom is 0.305 e. The molecule has 0 bridgehead atoms. The second-order valence-corrected chi connectivity index (χ2v) is 7.27. The molecule has 5 heteroatoms. The summed E-state index contributed by atoms with van der Waals surface area (Å²) in [5, 5.41) is 0. The first kappa shape index (κ1) is 23.8. The van der Waals surface area contributed by atoms with Crippen LogP contribution in [0.25, 0.3) is 0 Å². The van der Waals surface area contributed by atoms with Gasteiger partial charge in [-0.1, -0.05) is 48.5 Å². The highest BCUT2D eigenvalue weighted by molar-refractivity contribution is 5.98. The molecule has 0 amide bonds. The molecule has 0 unspecified atom stereocenters. The first-order valence-corrected chi connectivity index (χ1v) is 10.2. The van der Waals surface area contributed by atoms with E-state index < -0.39 is 0 Å². The maximum atomic E-state index is 12.2. The highest BCUT2D eigenvalue weighted by Crippen LogP contribution is 2.15. The lowest BCUT2D eigenvalue weighted by atomic mass is 9.98. The molecule has 2 aromatic rings. The van der Waals surface area contributed by atoms with Gasteiger partial charge in [0.05, 0.1) is 7.11 Å². The van der Waals surface area contributed by atoms with Crippen molar-refractivity contribution in [3.05, 3.63) is 70.8 Å². The zero-order valence-corrected chi connectivity index (χ0v) is 17.7. The Morgan fingerprint density at radius 3 is 1.61 bits per heavy atom. The summed E-state index contributed by atoms with van der Waals surface area (Å²) in [6.45, 7) is 0. The van der Waals surface area contributed by atoms with E-state index in [9.17, 15) is 19.2 Å². The van der Waals surface area contributed by atoms with Crippen LogP contribution in [0.3, 0.4) is 0 Å². The van der Waals surface area contributed by atoms with E-state index in [1.807, 2.05) is 30.2 Å². The van der Waals surface area contributed by atoms with E-state index in [0.717, 1.165) is 11.1 Å². The van der Waals surface area contributed by atoms with Gasteiger partial charge < -0.3 is 4.74 Å². The minimum Gasteiger partial charge on any atom is -0.469 e. The second-order valence-electron chi connectivity index (χ2n) is 7.27. The number of ether oxygens (including phenoxy) is 1. The zero-order valence-electron chi connectivity index (χ0n) is 17.7. The fraction of sp³-hybridized carbons (Fsp3) is 0.308. The molecule has 0 radical (unpaired) electrons. The molecule has 2 aromatic carbocycles. The van der Waals surface area contributed by atoms with Crippen molar-refractivity contribution in [1.82, 2.24) is 0 Å². The molecule has 31 heavy (non-hydrogen) atoms. The van der Waals surface area contributed by atoms with Crippen LogP contribution in [0.1, 0.15) is 70.4 Å². The quantitative estimate of drug-likeness (QED) is 0.222. The number of hydrogen-bond acceptors (Lipinski definition) is 5. The van der Waals surface area contributed by atoms with Gasteiger partial charge in [-0.2, -0.15) is 0 Å². The second kappa shape index (κ2) is 12.2. The smallest absolute Gasteiger partial charge is 0.305 e. The van der Waals surface area contributed by atoms with Gasteiger partial charge >= 0.3 is 5.97 Å². The third-order valence-electron chi connectivity index (χ3n) is 4.94. The predicted octanol–water partition coefficient (Wildman–Crippen LogP) is 4.36. The molecule has 0 aromatic heterocycles. The number of ketones is 3. The topological polar surface area (TPSA) is 77.5 Å². The number of benzene rings is 2. The number of esters is 1. The SMILES string of the molecule is C#CC(=O)CCCC(=O)c1ccc(Cc2ccc(C(=O)CCCC(=O)OC)cc2)cc1. The zero-order chi connectivity index (χ0) is 22.6. The van der Waals surface area contributed by atoms with Crippen molar-refractivity contribution in [3.63, 3.8) is 0 Å². The number of hydrogen-bond donors (Lipinski definition) is 0. The predicted molar refractivity (Wildman–Crippen MR) is 118 cm³/mol. The molecule has 0 heterocycles. The van der Waals surface area contributed by atoms with Gasteiger partial charge in [0.1, 0.15) is 0 Å². The first-order chi connectivity index (χ1) is 14.9. The molecule has 2 rings (SSSR count). The lowest BCUT2D eigenvalue weighted by Gasteiger charge is -2.06. The Morgan fingerprint density at radius 2 is 1.19 bits per heavy atom. The average molecular weight is 418 g/mol. The summed E-state index contributed by atoms with van der Waals surface area (Å²) in [6, 6.07) is 14.8. The van der Waals surface area contributed by atoms with Crippen molar-refractivity contribution in [2.24, 2.45) is 0 Å². The van der Waals surface area contributed by atoms with E-state index in [-0.39, 0.29) is 36.2 Å². The summed E-state index contributed by atoms with van der Waals surface area (Å²) in [6.07, 6.45) is 7.69. The summed E-state index contributed by atoms with van der Waals surface area (Å²) in [7, 11) is 1.33. The fourth-order valence-corrected chi connectivity index (χ4v) is 3.12. The van der Waals surface area contributed by atoms with E-state index in [1.54, 1.807) is 24.3 Å². The van der Waals surface area contributed by atoms with Gasteiger partial charge in [-0.3, -0.25) is 19.2 Å². The van der Waals surface area contributed by atoms with Crippen LogP contribution in [0, 0.1) is 12.3 Å². The Kier molecular flexibility index (Phi) is 9.38. The normalized spacial score (nSPS) is 10.2. The van der Waals surface area contributed by atoms with Crippen LogP contribution in [0.5, 0.6) is 0 Å².